The second kappa shape index (κ2) is 41.3. The molecule has 4 N–H and O–H groups in total. The molecule has 0 aromatic carbocycles. The van der Waals surface area contributed by atoms with E-state index >= 15 is 0 Å². The fourth-order valence-corrected chi connectivity index (χ4v) is 8.52. The largest absolute Gasteiger partial charge is 0.457 e. The smallest absolute Gasteiger partial charge is 0.397 e. The molecule has 6 atom stereocenters. The molecule has 0 aliphatic carbocycles. The highest BCUT2D eigenvalue weighted by Gasteiger charge is 2.48. The van der Waals surface area contributed by atoms with E-state index in [-0.39, 0.29) is 19.6 Å². The maximum atomic E-state index is 12.9. The van der Waals surface area contributed by atoms with Crippen LogP contribution < -0.4 is 0 Å². The number of rotatable bonds is 45. The first-order valence-electron chi connectivity index (χ1n) is 25.4. The Labute approximate surface area is 379 Å². The molecule has 1 saturated heterocycles. The van der Waals surface area contributed by atoms with Crippen LogP contribution >= 0.6 is 0 Å². The summed E-state index contributed by atoms with van der Waals surface area (Å²) in [4.78, 5) is 12.9. The van der Waals surface area contributed by atoms with E-state index in [9.17, 15) is 33.1 Å². The van der Waals surface area contributed by atoms with E-state index in [1.807, 2.05) is 0 Å². The molecule has 1 fully saturated rings. The van der Waals surface area contributed by atoms with Crippen LogP contribution in [0.15, 0.2) is 12.2 Å². The zero-order valence-electron chi connectivity index (χ0n) is 39.5. The molecule has 0 aromatic rings. The maximum Gasteiger partial charge on any atom is 0.397 e. The Morgan fingerprint density at radius 3 is 1.50 bits per heavy atom. The molecule has 0 radical (unpaired) electrons. The molecule has 1 rings (SSSR count). The molecule has 1 aliphatic rings. The van der Waals surface area contributed by atoms with Crippen molar-refractivity contribution in [1.29, 1.82) is 0 Å². The number of carbonyl (C=O) groups excluding carboxylic acids is 1. The molecule has 0 bridgehead atoms. The highest BCUT2D eigenvalue weighted by Crippen LogP contribution is 2.26. The highest BCUT2D eigenvalue weighted by molar-refractivity contribution is 7.80. The zero-order chi connectivity index (χ0) is 45.4. The topological polar surface area (TPSA) is 178 Å². The molecular weight excluding hydrogens is 813 g/mol. The van der Waals surface area contributed by atoms with Gasteiger partial charge in [0.15, 0.2) is 6.29 Å². The van der Waals surface area contributed by atoms with Crippen molar-refractivity contribution in [3.05, 3.63) is 12.2 Å². The van der Waals surface area contributed by atoms with E-state index in [0.29, 0.717) is 13.0 Å². The number of hydrogen-bond acceptors (Lipinski definition) is 11. The average molecular weight is 907 g/mol. The summed E-state index contributed by atoms with van der Waals surface area (Å²) in [7, 11) is -5.06. The summed E-state index contributed by atoms with van der Waals surface area (Å²) < 4.78 is 59.1. The number of hydrogen-bond donors (Lipinski definition) is 4. The van der Waals surface area contributed by atoms with Crippen molar-refractivity contribution < 1.29 is 56.2 Å². The van der Waals surface area contributed by atoms with E-state index in [0.717, 1.165) is 44.9 Å². The quantitative estimate of drug-likeness (QED) is 0.0197. The predicted molar refractivity (Wildman–Crippen MR) is 248 cm³/mol. The molecule has 1 heterocycles. The lowest BCUT2D eigenvalue weighted by Crippen LogP contribution is -2.60. The summed E-state index contributed by atoms with van der Waals surface area (Å²) in [5.74, 6) is -0.396. The van der Waals surface area contributed by atoms with Gasteiger partial charge < -0.3 is 34.3 Å². The summed E-state index contributed by atoms with van der Waals surface area (Å²) in [6.07, 6.45) is 36.8. The third-order valence-corrected chi connectivity index (χ3v) is 12.4. The summed E-state index contributed by atoms with van der Waals surface area (Å²) in [6.45, 7) is 3.98. The molecule has 368 valence electrons. The molecular formula is C49H94O12S. The van der Waals surface area contributed by atoms with Crippen molar-refractivity contribution in [2.75, 3.05) is 26.4 Å². The van der Waals surface area contributed by atoms with Crippen LogP contribution in [0, 0.1) is 0 Å². The van der Waals surface area contributed by atoms with Crippen LogP contribution in [-0.2, 0) is 38.3 Å². The lowest BCUT2D eigenvalue weighted by Gasteiger charge is -2.41. The van der Waals surface area contributed by atoms with Gasteiger partial charge in [0.25, 0.3) is 0 Å². The maximum absolute atomic E-state index is 12.9. The summed E-state index contributed by atoms with van der Waals surface area (Å²) in [5, 5.41) is 30.7. The van der Waals surface area contributed by atoms with Crippen LogP contribution in [0.4, 0.5) is 0 Å². The van der Waals surface area contributed by atoms with Gasteiger partial charge in [0, 0.05) is 13.0 Å². The number of aliphatic hydroxyl groups excluding tert-OH is 3. The first-order chi connectivity index (χ1) is 30.1. The van der Waals surface area contributed by atoms with Crippen LogP contribution in [0.1, 0.15) is 232 Å². The molecule has 0 aromatic heterocycles. The minimum Gasteiger partial charge on any atom is -0.457 e. The monoisotopic (exact) mass is 907 g/mol. The number of esters is 1. The Morgan fingerprint density at radius 2 is 1.03 bits per heavy atom. The van der Waals surface area contributed by atoms with Gasteiger partial charge >= 0.3 is 16.4 Å². The summed E-state index contributed by atoms with van der Waals surface area (Å²) in [6, 6.07) is 0. The third-order valence-electron chi connectivity index (χ3n) is 11.9. The number of carbonyl (C=O) groups is 1. The molecule has 13 heteroatoms. The number of ether oxygens (including phenoxy) is 4. The standard InChI is InChI=1S/C49H94O12S/c1-3-5-7-9-11-13-15-17-18-19-20-21-22-23-24-25-26-27-28-30-32-34-36-38-45(51)59-43(41-57-39-37-35-33-31-29-16-14-12-10-8-6-4-2)42-58-49-47(53)48(61-62(54,55)56)46(52)44(40-50)60-49/h10,12,43-44,46-50,52-53H,3-9,11,13-42H2,1-2H3,(H,54,55,56)/b12-10-. The van der Waals surface area contributed by atoms with Gasteiger partial charge in [-0.15, -0.1) is 0 Å². The summed E-state index contributed by atoms with van der Waals surface area (Å²) >= 11 is 0. The second-order valence-electron chi connectivity index (χ2n) is 17.8. The molecule has 0 spiro atoms. The van der Waals surface area contributed by atoms with Gasteiger partial charge in [0.2, 0.25) is 0 Å². The Kier molecular flexibility index (Phi) is 39.2. The van der Waals surface area contributed by atoms with Gasteiger partial charge in [0.05, 0.1) is 19.8 Å². The average Bonchev–Trinajstić information content (AvgIpc) is 3.24. The molecule has 12 nitrogen and oxygen atoms in total. The van der Waals surface area contributed by atoms with Crippen molar-refractivity contribution in [3.8, 4) is 0 Å². The van der Waals surface area contributed by atoms with Crippen LogP contribution in [0.25, 0.3) is 0 Å². The number of allylic oxidation sites excluding steroid dienone is 2. The van der Waals surface area contributed by atoms with Gasteiger partial charge in [-0.25, -0.2) is 4.18 Å². The lowest BCUT2D eigenvalue weighted by atomic mass is 9.99. The van der Waals surface area contributed by atoms with Crippen molar-refractivity contribution in [3.63, 3.8) is 0 Å². The fourth-order valence-electron chi connectivity index (χ4n) is 8.01. The minimum atomic E-state index is -5.06. The van der Waals surface area contributed by atoms with E-state index in [1.165, 1.54) is 161 Å². The Bertz CT molecular complexity index is 1140. The Hall–Kier alpha value is -1.16. The fraction of sp³-hybridized carbons (Fsp3) is 0.939. The van der Waals surface area contributed by atoms with E-state index in [1.54, 1.807) is 0 Å². The van der Waals surface area contributed by atoms with Gasteiger partial charge in [-0.3, -0.25) is 9.35 Å². The Balaban J connectivity index is 2.30. The predicted octanol–water partition coefficient (Wildman–Crippen LogP) is 11.4. The SMILES string of the molecule is CCCC/C=C\CCCCCCCCOCC(COC1OC(CO)C(O)C(OS(=O)(=O)O)C1O)OC(=O)CCCCCCCCCCCCCCCCCCCCCCCCC. The molecule has 62 heavy (non-hydrogen) atoms. The first kappa shape index (κ1) is 58.9. The lowest BCUT2D eigenvalue weighted by molar-refractivity contribution is -0.301. The highest BCUT2D eigenvalue weighted by atomic mass is 32.3. The van der Waals surface area contributed by atoms with E-state index in [4.69, 9.17) is 18.9 Å². The Morgan fingerprint density at radius 1 is 0.597 bits per heavy atom. The summed E-state index contributed by atoms with van der Waals surface area (Å²) in [5.41, 5.74) is 0. The number of unbranched alkanes of at least 4 members (excludes halogenated alkanes) is 30. The zero-order valence-corrected chi connectivity index (χ0v) is 40.3. The van der Waals surface area contributed by atoms with Crippen molar-refractivity contribution in [1.82, 2.24) is 0 Å². The molecule has 6 unspecified atom stereocenters. The number of aliphatic hydroxyl groups is 3. The van der Waals surface area contributed by atoms with Crippen LogP contribution in [-0.4, -0.2) is 97.5 Å². The van der Waals surface area contributed by atoms with Gasteiger partial charge in [-0.2, -0.15) is 8.42 Å². The van der Waals surface area contributed by atoms with Crippen molar-refractivity contribution >= 4 is 16.4 Å². The van der Waals surface area contributed by atoms with Crippen molar-refractivity contribution in [2.24, 2.45) is 0 Å². The molecule has 1 aliphatic heterocycles. The second-order valence-corrected chi connectivity index (χ2v) is 18.8. The minimum absolute atomic E-state index is 0.0370. The van der Waals surface area contributed by atoms with Gasteiger partial charge in [0.1, 0.15) is 30.5 Å². The van der Waals surface area contributed by atoms with Crippen LogP contribution in [0.2, 0.25) is 0 Å². The van der Waals surface area contributed by atoms with Gasteiger partial charge in [-0.1, -0.05) is 206 Å². The molecule has 0 amide bonds. The van der Waals surface area contributed by atoms with Crippen LogP contribution in [0.5, 0.6) is 0 Å². The normalized spacial score (nSPS) is 20.0. The first-order valence-corrected chi connectivity index (χ1v) is 26.8. The van der Waals surface area contributed by atoms with Gasteiger partial charge in [-0.05, 0) is 32.1 Å². The van der Waals surface area contributed by atoms with E-state index in [2.05, 4.69) is 30.2 Å². The van der Waals surface area contributed by atoms with E-state index < -0.39 is 59.8 Å². The van der Waals surface area contributed by atoms with Crippen molar-refractivity contribution in [2.45, 2.75) is 269 Å². The molecule has 0 saturated carbocycles. The third kappa shape index (κ3) is 34.2. The van der Waals surface area contributed by atoms with Crippen LogP contribution in [0.3, 0.4) is 0 Å².